The first-order chi connectivity index (χ1) is 11.6. The van der Waals surface area contributed by atoms with Crippen molar-refractivity contribution in [1.29, 1.82) is 5.26 Å². The summed E-state index contributed by atoms with van der Waals surface area (Å²) in [6.45, 7) is 3.70. The van der Waals surface area contributed by atoms with Crippen LogP contribution in [0.15, 0.2) is 48.5 Å². The molecule has 1 amide bonds. The minimum absolute atomic E-state index is 0.174. The summed E-state index contributed by atoms with van der Waals surface area (Å²) in [6, 6.07) is 13.2. The molecule has 0 atom stereocenters. The van der Waals surface area contributed by atoms with E-state index >= 15 is 0 Å². The lowest BCUT2D eigenvalue weighted by atomic mass is 9.83. The second kappa shape index (κ2) is 6.98. The van der Waals surface area contributed by atoms with E-state index in [1.165, 1.54) is 30.3 Å². The summed E-state index contributed by atoms with van der Waals surface area (Å²) in [4.78, 5) is 12.2. The average Bonchev–Trinajstić information content (AvgIpc) is 2.59. The second-order valence-electron chi connectivity index (χ2n) is 6.33. The van der Waals surface area contributed by atoms with Crippen LogP contribution in [0, 0.1) is 11.3 Å². The van der Waals surface area contributed by atoms with Crippen LogP contribution in [-0.4, -0.2) is 12.5 Å². The van der Waals surface area contributed by atoms with E-state index in [-0.39, 0.29) is 12.5 Å². The van der Waals surface area contributed by atoms with Crippen LogP contribution in [0.5, 0.6) is 0 Å². The molecule has 0 aliphatic rings. The lowest BCUT2D eigenvalue weighted by molar-refractivity contribution is -0.137. The quantitative estimate of drug-likeness (QED) is 0.898. The number of hydrogen-bond donors (Lipinski definition) is 1. The van der Waals surface area contributed by atoms with Gasteiger partial charge in [0.15, 0.2) is 0 Å². The summed E-state index contributed by atoms with van der Waals surface area (Å²) in [7, 11) is 0. The number of carbonyl (C=O) groups is 1. The highest BCUT2D eigenvalue weighted by molar-refractivity contribution is 5.94. The summed E-state index contributed by atoms with van der Waals surface area (Å²) >= 11 is 0. The number of halogens is 3. The number of nitriles is 1. The van der Waals surface area contributed by atoms with E-state index in [4.69, 9.17) is 5.26 Å². The Balaban J connectivity index is 2.10. The van der Waals surface area contributed by atoms with Gasteiger partial charge in [0.2, 0.25) is 0 Å². The van der Waals surface area contributed by atoms with Crippen molar-refractivity contribution in [3.05, 3.63) is 70.8 Å². The number of benzene rings is 2. The van der Waals surface area contributed by atoms with E-state index < -0.39 is 17.2 Å². The Bertz CT molecular complexity index is 803. The number of carbonyl (C=O) groups excluding carboxylic acids is 1. The number of alkyl halides is 3. The Labute approximate surface area is 144 Å². The van der Waals surface area contributed by atoms with Crippen molar-refractivity contribution in [2.75, 3.05) is 6.54 Å². The van der Waals surface area contributed by atoms with Crippen molar-refractivity contribution in [3.63, 3.8) is 0 Å². The molecule has 0 saturated heterocycles. The lowest BCUT2D eigenvalue weighted by Crippen LogP contribution is -2.36. The van der Waals surface area contributed by atoms with Gasteiger partial charge in [-0.2, -0.15) is 18.4 Å². The molecular formula is C19H17F3N2O. The molecule has 2 rings (SSSR count). The molecule has 2 aromatic rings. The third-order valence-electron chi connectivity index (χ3n) is 3.94. The molecule has 0 aromatic heterocycles. The first kappa shape index (κ1) is 18.5. The standard InChI is InChI=1S/C19H17F3N2O/c1-18(2,15-4-3-5-16(10-15)19(20,21)22)12-24-17(25)14-8-6-13(11-23)7-9-14/h3-10H,12H2,1-2H3,(H,24,25). The zero-order valence-electron chi connectivity index (χ0n) is 13.8. The van der Waals surface area contributed by atoms with Gasteiger partial charge in [0.25, 0.3) is 5.91 Å². The van der Waals surface area contributed by atoms with Crippen LogP contribution in [-0.2, 0) is 11.6 Å². The molecule has 0 bridgehead atoms. The highest BCUT2D eigenvalue weighted by atomic mass is 19.4. The van der Waals surface area contributed by atoms with Gasteiger partial charge in [-0.25, -0.2) is 0 Å². The molecule has 0 saturated carbocycles. The van der Waals surface area contributed by atoms with Crippen LogP contribution in [0.1, 0.15) is 40.9 Å². The third kappa shape index (κ3) is 4.60. The fourth-order valence-corrected chi connectivity index (χ4v) is 2.32. The van der Waals surface area contributed by atoms with Crippen LogP contribution < -0.4 is 5.32 Å². The van der Waals surface area contributed by atoms with Crippen LogP contribution in [0.2, 0.25) is 0 Å². The third-order valence-corrected chi connectivity index (χ3v) is 3.94. The van der Waals surface area contributed by atoms with Gasteiger partial charge in [-0.15, -0.1) is 0 Å². The summed E-state index contributed by atoms with van der Waals surface area (Å²) in [5.41, 5.74) is -0.0672. The molecule has 0 aliphatic heterocycles. The number of nitrogens with one attached hydrogen (secondary N) is 1. The normalized spacial score (nSPS) is 11.7. The zero-order valence-corrected chi connectivity index (χ0v) is 13.8. The molecular weight excluding hydrogens is 329 g/mol. The van der Waals surface area contributed by atoms with Crippen LogP contribution >= 0.6 is 0 Å². The molecule has 0 heterocycles. The smallest absolute Gasteiger partial charge is 0.351 e. The van der Waals surface area contributed by atoms with Crippen molar-refractivity contribution in [2.24, 2.45) is 0 Å². The highest BCUT2D eigenvalue weighted by Gasteiger charge is 2.32. The van der Waals surface area contributed by atoms with Crippen LogP contribution in [0.4, 0.5) is 13.2 Å². The maximum atomic E-state index is 12.9. The minimum Gasteiger partial charge on any atom is -0.351 e. The van der Waals surface area contributed by atoms with E-state index in [2.05, 4.69) is 5.32 Å². The molecule has 25 heavy (non-hydrogen) atoms. The maximum absolute atomic E-state index is 12.9. The molecule has 6 heteroatoms. The van der Waals surface area contributed by atoms with E-state index in [1.807, 2.05) is 6.07 Å². The molecule has 0 unspecified atom stereocenters. The Morgan fingerprint density at radius 2 is 1.68 bits per heavy atom. The molecule has 3 nitrogen and oxygen atoms in total. The van der Waals surface area contributed by atoms with Crippen molar-refractivity contribution in [3.8, 4) is 6.07 Å². The van der Waals surface area contributed by atoms with Crippen molar-refractivity contribution in [2.45, 2.75) is 25.4 Å². The number of rotatable bonds is 4. The van der Waals surface area contributed by atoms with E-state index in [0.29, 0.717) is 16.7 Å². The number of hydrogen-bond acceptors (Lipinski definition) is 2. The van der Waals surface area contributed by atoms with Crippen molar-refractivity contribution >= 4 is 5.91 Å². The number of amides is 1. The summed E-state index contributed by atoms with van der Waals surface area (Å²) in [5.74, 6) is -0.343. The maximum Gasteiger partial charge on any atom is 0.416 e. The first-order valence-corrected chi connectivity index (χ1v) is 7.59. The summed E-state index contributed by atoms with van der Waals surface area (Å²) in [6.07, 6.45) is -4.40. The topological polar surface area (TPSA) is 52.9 Å². The molecule has 130 valence electrons. The van der Waals surface area contributed by atoms with Gasteiger partial charge < -0.3 is 5.32 Å². The minimum atomic E-state index is -4.40. The largest absolute Gasteiger partial charge is 0.416 e. The van der Waals surface area contributed by atoms with Crippen molar-refractivity contribution in [1.82, 2.24) is 5.32 Å². The molecule has 0 aliphatic carbocycles. The zero-order chi connectivity index (χ0) is 18.7. The molecule has 0 fully saturated rings. The Morgan fingerprint density at radius 3 is 2.24 bits per heavy atom. The van der Waals surface area contributed by atoms with E-state index in [0.717, 1.165) is 12.1 Å². The highest BCUT2D eigenvalue weighted by Crippen LogP contribution is 2.32. The van der Waals surface area contributed by atoms with Crippen LogP contribution in [0.25, 0.3) is 0 Å². The average molecular weight is 346 g/mol. The SMILES string of the molecule is CC(C)(CNC(=O)c1ccc(C#N)cc1)c1cccc(C(F)(F)F)c1. The molecule has 0 radical (unpaired) electrons. The van der Waals surface area contributed by atoms with Crippen LogP contribution in [0.3, 0.4) is 0 Å². The van der Waals surface area contributed by atoms with E-state index in [9.17, 15) is 18.0 Å². The van der Waals surface area contributed by atoms with Gasteiger partial charge in [0.1, 0.15) is 0 Å². The molecule has 0 spiro atoms. The number of nitrogens with zero attached hydrogens (tertiary/aromatic N) is 1. The fraction of sp³-hybridized carbons (Fsp3) is 0.263. The first-order valence-electron chi connectivity index (χ1n) is 7.59. The van der Waals surface area contributed by atoms with Gasteiger partial charge in [-0.3, -0.25) is 4.79 Å². The Morgan fingerprint density at radius 1 is 1.08 bits per heavy atom. The predicted octanol–water partition coefficient (Wildman–Crippen LogP) is 4.28. The van der Waals surface area contributed by atoms with Gasteiger partial charge in [-0.05, 0) is 35.9 Å². The van der Waals surface area contributed by atoms with Gasteiger partial charge in [0, 0.05) is 17.5 Å². The Kier molecular flexibility index (Phi) is 5.17. The monoisotopic (exact) mass is 346 g/mol. The van der Waals surface area contributed by atoms with Gasteiger partial charge in [-0.1, -0.05) is 32.0 Å². The summed E-state index contributed by atoms with van der Waals surface area (Å²) < 4.78 is 38.6. The second-order valence-corrected chi connectivity index (χ2v) is 6.33. The molecule has 2 aromatic carbocycles. The van der Waals surface area contributed by atoms with E-state index in [1.54, 1.807) is 19.9 Å². The lowest BCUT2D eigenvalue weighted by Gasteiger charge is -2.26. The van der Waals surface area contributed by atoms with Gasteiger partial charge >= 0.3 is 6.18 Å². The molecule has 1 N–H and O–H groups in total. The fourth-order valence-electron chi connectivity index (χ4n) is 2.32. The summed E-state index contributed by atoms with van der Waals surface area (Å²) in [5, 5.41) is 11.5. The Hall–Kier alpha value is -2.81. The predicted molar refractivity (Wildman–Crippen MR) is 88.0 cm³/mol. The van der Waals surface area contributed by atoms with Crippen molar-refractivity contribution < 1.29 is 18.0 Å². The van der Waals surface area contributed by atoms with Gasteiger partial charge in [0.05, 0.1) is 17.2 Å².